The van der Waals surface area contributed by atoms with E-state index in [1.54, 1.807) is 6.92 Å². The monoisotopic (exact) mass is 550 g/mol. The Labute approximate surface area is 189 Å². The van der Waals surface area contributed by atoms with Gasteiger partial charge in [0, 0.05) is 9.77 Å². The fraction of sp³-hybridized carbons (Fsp3) is 0.300. The molecule has 2 rings (SSSR count). The van der Waals surface area contributed by atoms with Gasteiger partial charge in [-0.2, -0.15) is 13.2 Å². The zero-order valence-electron chi connectivity index (χ0n) is 16.5. The minimum Gasteiger partial charge on any atom is -0.466 e. The van der Waals surface area contributed by atoms with Crippen LogP contribution in [0.25, 0.3) is 0 Å². The number of nitrogens with zero attached hydrogens (tertiary/aromatic N) is 2. The number of hydrogen-bond donors (Lipinski definition) is 0. The number of ether oxygens (including phenoxy) is 2. The van der Waals surface area contributed by atoms with E-state index in [9.17, 15) is 27.6 Å². The summed E-state index contributed by atoms with van der Waals surface area (Å²) in [6, 6.07) is 5.62. The van der Waals surface area contributed by atoms with E-state index in [0.29, 0.717) is 9.13 Å². The van der Waals surface area contributed by atoms with Crippen molar-refractivity contribution in [2.24, 2.45) is 0 Å². The standard InChI is InChI=1S/C20H18F3IN2O5/c1-3-31-17(28)9-16(27)26(11-12-4-6-13(7-5-12)20(21,22)23)18-15(19(29)30-2)8-14(24)10-25-18/h4-8,10H,3,9,11H2,1-2H3. The van der Waals surface area contributed by atoms with Gasteiger partial charge in [0.2, 0.25) is 5.91 Å². The predicted molar refractivity (Wildman–Crippen MR) is 112 cm³/mol. The predicted octanol–water partition coefficient (Wildman–Crippen LogP) is 3.98. The van der Waals surface area contributed by atoms with Crippen molar-refractivity contribution in [2.75, 3.05) is 18.6 Å². The second-order valence-electron chi connectivity index (χ2n) is 6.17. The molecule has 166 valence electrons. The van der Waals surface area contributed by atoms with Crippen LogP contribution in [0, 0.1) is 3.57 Å². The van der Waals surface area contributed by atoms with Crippen LogP contribution in [0.3, 0.4) is 0 Å². The highest BCUT2D eigenvalue weighted by Gasteiger charge is 2.31. The number of pyridine rings is 1. The van der Waals surface area contributed by atoms with Crippen LogP contribution in [-0.2, 0) is 31.8 Å². The van der Waals surface area contributed by atoms with Crippen molar-refractivity contribution in [3.8, 4) is 0 Å². The maximum atomic E-state index is 12.9. The summed E-state index contributed by atoms with van der Waals surface area (Å²) in [7, 11) is 1.16. The summed E-state index contributed by atoms with van der Waals surface area (Å²) in [6.07, 6.45) is -3.74. The SMILES string of the molecule is CCOC(=O)CC(=O)N(Cc1ccc(C(F)(F)F)cc1)c1ncc(I)cc1C(=O)OC. The van der Waals surface area contributed by atoms with Crippen LogP contribution in [0.2, 0.25) is 0 Å². The highest BCUT2D eigenvalue weighted by atomic mass is 127. The zero-order valence-corrected chi connectivity index (χ0v) is 18.7. The van der Waals surface area contributed by atoms with E-state index in [1.807, 2.05) is 22.6 Å². The number of methoxy groups -OCH3 is 1. The van der Waals surface area contributed by atoms with Gasteiger partial charge in [0.25, 0.3) is 0 Å². The van der Waals surface area contributed by atoms with Gasteiger partial charge in [-0.3, -0.25) is 14.5 Å². The molecule has 1 aromatic carbocycles. The molecule has 7 nitrogen and oxygen atoms in total. The maximum Gasteiger partial charge on any atom is 0.416 e. The van der Waals surface area contributed by atoms with E-state index in [0.717, 1.165) is 24.1 Å². The van der Waals surface area contributed by atoms with Crippen molar-refractivity contribution in [2.45, 2.75) is 26.1 Å². The van der Waals surface area contributed by atoms with Crippen LogP contribution >= 0.6 is 22.6 Å². The van der Waals surface area contributed by atoms with Crippen molar-refractivity contribution < 1.29 is 37.0 Å². The average molecular weight is 550 g/mol. The molecular weight excluding hydrogens is 532 g/mol. The topological polar surface area (TPSA) is 85.8 Å². The van der Waals surface area contributed by atoms with Crippen LogP contribution < -0.4 is 4.90 Å². The summed E-state index contributed by atoms with van der Waals surface area (Å²) in [4.78, 5) is 42.1. The molecule has 0 unspecified atom stereocenters. The fourth-order valence-electron chi connectivity index (χ4n) is 2.60. The first-order valence-electron chi connectivity index (χ1n) is 8.92. The number of alkyl halides is 3. The van der Waals surface area contributed by atoms with Crippen molar-refractivity contribution in [1.82, 2.24) is 4.98 Å². The average Bonchev–Trinajstić information content (AvgIpc) is 2.71. The fourth-order valence-corrected chi connectivity index (χ4v) is 3.05. The van der Waals surface area contributed by atoms with Crippen LogP contribution in [0.5, 0.6) is 0 Å². The molecule has 1 amide bonds. The van der Waals surface area contributed by atoms with Crippen LogP contribution in [0.15, 0.2) is 36.5 Å². The normalized spacial score (nSPS) is 11.0. The number of amides is 1. The third kappa shape index (κ3) is 6.64. The Kier molecular flexibility index (Phi) is 8.36. The lowest BCUT2D eigenvalue weighted by Gasteiger charge is -2.24. The van der Waals surface area contributed by atoms with E-state index in [4.69, 9.17) is 9.47 Å². The lowest BCUT2D eigenvalue weighted by atomic mass is 10.1. The molecule has 2 aromatic rings. The van der Waals surface area contributed by atoms with E-state index < -0.39 is 36.0 Å². The molecule has 0 aliphatic carbocycles. The summed E-state index contributed by atoms with van der Waals surface area (Å²) in [5, 5.41) is 0. The molecular formula is C20H18F3IN2O5. The molecule has 0 radical (unpaired) electrons. The molecule has 0 aliphatic heterocycles. The molecule has 0 saturated carbocycles. The number of aromatic nitrogens is 1. The minimum absolute atomic E-state index is 0.0291. The van der Waals surface area contributed by atoms with Gasteiger partial charge in [0.1, 0.15) is 17.8 Å². The van der Waals surface area contributed by atoms with E-state index in [1.165, 1.54) is 24.4 Å². The number of benzene rings is 1. The number of anilines is 1. The van der Waals surface area contributed by atoms with Gasteiger partial charge in [0.15, 0.2) is 0 Å². The first-order chi connectivity index (χ1) is 14.6. The van der Waals surface area contributed by atoms with Gasteiger partial charge in [-0.1, -0.05) is 12.1 Å². The van der Waals surface area contributed by atoms with E-state index in [2.05, 4.69) is 4.98 Å². The first kappa shape index (κ1) is 24.6. The molecule has 31 heavy (non-hydrogen) atoms. The molecule has 0 aliphatic rings. The number of hydrogen-bond acceptors (Lipinski definition) is 6. The smallest absolute Gasteiger partial charge is 0.416 e. The minimum atomic E-state index is -4.51. The van der Waals surface area contributed by atoms with Crippen molar-refractivity contribution in [3.63, 3.8) is 0 Å². The quantitative estimate of drug-likeness (QED) is 0.295. The molecule has 0 atom stereocenters. The van der Waals surface area contributed by atoms with Gasteiger partial charge in [-0.25, -0.2) is 9.78 Å². The number of carbonyl (C=O) groups is 3. The Hall–Kier alpha value is -2.70. The van der Waals surface area contributed by atoms with Gasteiger partial charge in [-0.05, 0) is 53.3 Å². The number of rotatable bonds is 7. The third-order valence-electron chi connectivity index (χ3n) is 4.02. The lowest BCUT2D eigenvalue weighted by Crippen LogP contribution is -2.34. The van der Waals surface area contributed by atoms with Gasteiger partial charge >= 0.3 is 18.1 Å². The summed E-state index contributed by atoms with van der Waals surface area (Å²) < 4.78 is 48.6. The van der Waals surface area contributed by atoms with Gasteiger partial charge < -0.3 is 9.47 Å². The Bertz CT molecular complexity index is 964. The molecule has 0 bridgehead atoms. The summed E-state index contributed by atoms with van der Waals surface area (Å²) in [5.41, 5.74) is -0.539. The number of esters is 2. The summed E-state index contributed by atoms with van der Waals surface area (Å²) >= 11 is 1.92. The lowest BCUT2D eigenvalue weighted by molar-refractivity contribution is -0.145. The first-order valence-corrected chi connectivity index (χ1v) is 10.0. The van der Waals surface area contributed by atoms with E-state index in [-0.39, 0.29) is 24.5 Å². The highest BCUT2D eigenvalue weighted by molar-refractivity contribution is 14.1. The Balaban J connectivity index is 2.46. The molecule has 0 spiro atoms. The Morgan fingerprint density at radius 3 is 2.35 bits per heavy atom. The number of halogens is 4. The van der Waals surface area contributed by atoms with Crippen molar-refractivity contribution in [3.05, 3.63) is 56.8 Å². The van der Waals surface area contributed by atoms with Crippen LogP contribution in [0.1, 0.15) is 34.8 Å². The largest absolute Gasteiger partial charge is 0.466 e. The van der Waals surface area contributed by atoms with Gasteiger partial charge in [0.05, 0.1) is 25.8 Å². The second kappa shape index (κ2) is 10.6. The molecule has 11 heteroatoms. The second-order valence-corrected chi connectivity index (χ2v) is 7.42. The van der Waals surface area contributed by atoms with Gasteiger partial charge in [-0.15, -0.1) is 0 Å². The van der Waals surface area contributed by atoms with Crippen LogP contribution in [0.4, 0.5) is 19.0 Å². The van der Waals surface area contributed by atoms with Crippen molar-refractivity contribution in [1.29, 1.82) is 0 Å². The van der Waals surface area contributed by atoms with Crippen molar-refractivity contribution >= 4 is 46.3 Å². The third-order valence-corrected chi connectivity index (χ3v) is 4.61. The zero-order chi connectivity index (χ0) is 23.2. The molecule has 0 fully saturated rings. The molecule has 1 heterocycles. The summed E-state index contributed by atoms with van der Waals surface area (Å²) in [6.45, 7) is 1.42. The summed E-state index contributed by atoms with van der Waals surface area (Å²) in [5.74, 6) is -2.36. The highest BCUT2D eigenvalue weighted by Crippen LogP contribution is 2.30. The molecule has 1 aromatic heterocycles. The molecule has 0 N–H and O–H groups in total. The Morgan fingerprint density at radius 1 is 1.16 bits per heavy atom. The molecule has 0 saturated heterocycles. The number of carbonyl (C=O) groups excluding carboxylic acids is 3. The van der Waals surface area contributed by atoms with Crippen LogP contribution in [-0.4, -0.2) is 36.5 Å². The van der Waals surface area contributed by atoms with E-state index >= 15 is 0 Å². The Morgan fingerprint density at radius 2 is 1.81 bits per heavy atom. The maximum absolute atomic E-state index is 12.9.